The van der Waals surface area contributed by atoms with E-state index in [4.69, 9.17) is 16.3 Å². The van der Waals surface area contributed by atoms with E-state index in [9.17, 15) is 4.79 Å². The van der Waals surface area contributed by atoms with E-state index in [1.165, 1.54) is 0 Å². The van der Waals surface area contributed by atoms with E-state index in [1.54, 1.807) is 0 Å². The van der Waals surface area contributed by atoms with Crippen molar-refractivity contribution in [2.45, 2.75) is 0 Å². The third-order valence-electron chi connectivity index (χ3n) is 3.68. The Labute approximate surface area is 153 Å². The summed E-state index contributed by atoms with van der Waals surface area (Å²) in [6.45, 7) is 2.84. The number of morpholine rings is 1. The van der Waals surface area contributed by atoms with Crippen LogP contribution in [0.5, 0.6) is 0 Å². The standard InChI is InChI=1S/C17H16ClIN2O2/c18-13-5-3-7-15(16(13)21-8-10-23-11-9-21)20-17(22)12-4-1-2-6-14(12)19/h1-7H,8-11H2,(H,20,22). The predicted octanol–water partition coefficient (Wildman–Crippen LogP) is 4.03. The van der Waals surface area contributed by atoms with Crippen LogP contribution < -0.4 is 10.2 Å². The molecule has 1 N–H and O–H groups in total. The fraction of sp³-hybridized carbons (Fsp3) is 0.235. The van der Waals surface area contributed by atoms with Crippen LogP contribution >= 0.6 is 34.2 Å². The normalized spacial score (nSPS) is 14.6. The van der Waals surface area contributed by atoms with Gasteiger partial charge >= 0.3 is 0 Å². The van der Waals surface area contributed by atoms with Crippen molar-refractivity contribution in [2.75, 3.05) is 36.5 Å². The third-order valence-corrected chi connectivity index (χ3v) is 4.93. The van der Waals surface area contributed by atoms with Gasteiger partial charge in [0.15, 0.2) is 0 Å². The van der Waals surface area contributed by atoms with Gasteiger partial charge in [-0.3, -0.25) is 4.79 Å². The van der Waals surface area contributed by atoms with E-state index in [0.29, 0.717) is 23.8 Å². The average Bonchev–Trinajstić information content (AvgIpc) is 2.56. The maximum absolute atomic E-state index is 12.6. The van der Waals surface area contributed by atoms with Crippen molar-refractivity contribution < 1.29 is 9.53 Å². The maximum Gasteiger partial charge on any atom is 0.256 e. The highest BCUT2D eigenvalue weighted by molar-refractivity contribution is 14.1. The SMILES string of the molecule is O=C(Nc1cccc(Cl)c1N1CCOCC1)c1ccccc1I. The largest absolute Gasteiger partial charge is 0.378 e. The minimum atomic E-state index is -0.133. The molecule has 1 saturated heterocycles. The molecule has 0 unspecified atom stereocenters. The second-order valence-electron chi connectivity index (χ2n) is 5.17. The molecule has 0 radical (unpaired) electrons. The van der Waals surface area contributed by atoms with Gasteiger partial charge in [-0.1, -0.05) is 29.8 Å². The van der Waals surface area contributed by atoms with E-state index >= 15 is 0 Å². The van der Waals surface area contributed by atoms with Crippen LogP contribution in [0.4, 0.5) is 11.4 Å². The van der Waals surface area contributed by atoms with Gasteiger partial charge in [-0.05, 0) is 46.9 Å². The van der Waals surface area contributed by atoms with Crippen LogP contribution in [0, 0.1) is 3.57 Å². The topological polar surface area (TPSA) is 41.6 Å². The van der Waals surface area contributed by atoms with Crippen LogP contribution in [0.1, 0.15) is 10.4 Å². The Morgan fingerprint density at radius 2 is 1.87 bits per heavy atom. The summed E-state index contributed by atoms with van der Waals surface area (Å²) < 4.78 is 6.31. The first-order valence-corrected chi connectivity index (χ1v) is 8.79. The minimum absolute atomic E-state index is 0.133. The summed E-state index contributed by atoms with van der Waals surface area (Å²) in [5, 5.41) is 3.63. The molecule has 1 heterocycles. The first kappa shape index (κ1) is 16.5. The van der Waals surface area contributed by atoms with Crippen molar-refractivity contribution in [3.8, 4) is 0 Å². The monoisotopic (exact) mass is 442 g/mol. The third kappa shape index (κ3) is 3.79. The number of anilines is 2. The van der Waals surface area contributed by atoms with Crippen molar-refractivity contribution in [2.24, 2.45) is 0 Å². The Hall–Kier alpha value is -1.31. The number of nitrogens with one attached hydrogen (secondary N) is 1. The second kappa shape index (κ2) is 7.51. The van der Waals surface area contributed by atoms with E-state index in [2.05, 4.69) is 32.8 Å². The highest BCUT2D eigenvalue weighted by Crippen LogP contribution is 2.34. The molecule has 2 aromatic carbocycles. The fourth-order valence-corrected chi connectivity index (χ4v) is 3.49. The molecule has 2 aromatic rings. The van der Waals surface area contributed by atoms with Crippen LogP contribution in [0.3, 0.4) is 0 Å². The quantitative estimate of drug-likeness (QED) is 0.730. The molecule has 1 aliphatic heterocycles. The van der Waals surface area contributed by atoms with Gasteiger partial charge < -0.3 is 15.0 Å². The number of ether oxygens (including phenoxy) is 1. The first-order valence-electron chi connectivity index (χ1n) is 7.34. The Morgan fingerprint density at radius 1 is 1.13 bits per heavy atom. The molecule has 6 heteroatoms. The zero-order valence-corrected chi connectivity index (χ0v) is 15.3. The summed E-state index contributed by atoms with van der Waals surface area (Å²) >= 11 is 8.55. The van der Waals surface area contributed by atoms with E-state index in [1.807, 2.05) is 42.5 Å². The number of amides is 1. The summed E-state index contributed by atoms with van der Waals surface area (Å²) in [6.07, 6.45) is 0. The summed E-state index contributed by atoms with van der Waals surface area (Å²) in [5.74, 6) is -0.133. The molecule has 0 aliphatic carbocycles. The first-order chi connectivity index (χ1) is 11.2. The van der Waals surface area contributed by atoms with Crippen molar-refractivity contribution in [1.82, 2.24) is 0 Å². The summed E-state index contributed by atoms with van der Waals surface area (Å²) in [5.41, 5.74) is 2.24. The van der Waals surface area contributed by atoms with Crippen LogP contribution in [0.2, 0.25) is 5.02 Å². The molecule has 0 aromatic heterocycles. The Morgan fingerprint density at radius 3 is 2.61 bits per heavy atom. The van der Waals surface area contributed by atoms with Crippen LogP contribution in [0.25, 0.3) is 0 Å². The van der Waals surface area contributed by atoms with Gasteiger partial charge in [0.05, 0.1) is 35.2 Å². The molecule has 0 bridgehead atoms. The van der Waals surface area contributed by atoms with Gasteiger partial charge in [0.1, 0.15) is 0 Å². The maximum atomic E-state index is 12.6. The molecule has 0 saturated carbocycles. The molecular weight excluding hydrogens is 427 g/mol. The van der Waals surface area contributed by atoms with Crippen molar-refractivity contribution in [1.29, 1.82) is 0 Å². The zero-order chi connectivity index (χ0) is 16.2. The number of hydrogen-bond acceptors (Lipinski definition) is 3. The van der Waals surface area contributed by atoms with E-state index < -0.39 is 0 Å². The number of benzene rings is 2. The average molecular weight is 443 g/mol. The van der Waals surface area contributed by atoms with Crippen LogP contribution in [0.15, 0.2) is 42.5 Å². The van der Waals surface area contributed by atoms with Gasteiger partial charge in [0, 0.05) is 16.7 Å². The lowest BCUT2D eigenvalue weighted by Crippen LogP contribution is -2.37. The summed E-state index contributed by atoms with van der Waals surface area (Å²) in [6, 6.07) is 13.1. The van der Waals surface area contributed by atoms with Gasteiger partial charge in [0.2, 0.25) is 0 Å². The lowest BCUT2D eigenvalue weighted by Gasteiger charge is -2.31. The molecular formula is C17H16ClIN2O2. The fourth-order valence-electron chi connectivity index (χ4n) is 2.56. The number of carbonyl (C=O) groups is 1. The number of carbonyl (C=O) groups excluding carboxylic acids is 1. The Kier molecular flexibility index (Phi) is 5.40. The highest BCUT2D eigenvalue weighted by atomic mass is 127. The summed E-state index contributed by atoms with van der Waals surface area (Å²) in [4.78, 5) is 14.7. The number of hydrogen-bond donors (Lipinski definition) is 1. The minimum Gasteiger partial charge on any atom is -0.378 e. The number of rotatable bonds is 3. The lowest BCUT2D eigenvalue weighted by atomic mass is 10.2. The lowest BCUT2D eigenvalue weighted by molar-refractivity contribution is 0.102. The van der Waals surface area contributed by atoms with Gasteiger partial charge in [-0.25, -0.2) is 0 Å². The number of para-hydroxylation sites is 1. The van der Waals surface area contributed by atoms with Crippen LogP contribution in [-0.2, 0) is 4.74 Å². The molecule has 1 fully saturated rings. The van der Waals surface area contributed by atoms with Crippen molar-refractivity contribution >= 4 is 51.5 Å². The molecule has 4 nitrogen and oxygen atoms in total. The zero-order valence-electron chi connectivity index (χ0n) is 12.4. The van der Waals surface area contributed by atoms with Crippen molar-refractivity contribution in [3.63, 3.8) is 0 Å². The van der Waals surface area contributed by atoms with E-state index in [-0.39, 0.29) is 5.91 Å². The van der Waals surface area contributed by atoms with Crippen LogP contribution in [-0.4, -0.2) is 32.2 Å². The smallest absolute Gasteiger partial charge is 0.256 e. The molecule has 120 valence electrons. The summed E-state index contributed by atoms with van der Waals surface area (Å²) in [7, 11) is 0. The second-order valence-corrected chi connectivity index (χ2v) is 6.74. The van der Waals surface area contributed by atoms with E-state index in [0.717, 1.165) is 28.0 Å². The number of halogens is 2. The number of nitrogens with zero attached hydrogens (tertiary/aromatic N) is 1. The Balaban J connectivity index is 1.89. The van der Waals surface area contributed by atoms with Gasteiger partial charge in [0.25, 0.3) is 5.91 Å². The predicted molar refractivity (Wildman–Crippen MR) is 102 cm³/mol. The highest BCUT2D eigenvalue weighted by Gasteiger charge is 2.19. The molecule has 1 amide bonds. The van der Waals surface area contributed by atoms with Gasteiger partial charge in [-0.15, -0.1) is 0 Å². The molecule has 0 spiro atoms. The van der Waals surface area contributed by atoms with Gasteiger partial charge in [-0.2, -0.15) is 0 Å². The molecule has 0 atom stereocenters. The molecule has 3 rings (SSSR count). The molecule has 23 heavy (non-hydrogen) atoms. The van der Waals surface area contributed by atoms with Crippen molar-refractivity contribution in [3.05, 3.63) is 56.6 Å². The Bertz CT molecular complexity index is 717. The molecule has 1 aliphatic rings.